The van der Waals surface area contributed by atoms with Gasteiger partial charge in [-0.3, -0.25) is 4.79 Å². The number of nitrogens with one attached hydrogen (secondary N) is 1. The van der Waals surface area contributed by atoms with Gasteiger partial charge in [0.2, 0.25) is 5.91 Å². The van der Waals surface area contributed by atoms with Gasteiger partial charge in [-0.1, -0.05) is 6.92 Å². The van der Waals surface area contributed by atoms with Crippen molar-refractivity contribution in [2.75, 3.05) is 6.61 Å². The predicted octanol–water partition coefficient (Wildman–Crippen LogP) is 1.31. The molecule has 3 nitrogen and oxygen atoms in total. The van der Waals surface area contributed by atoms with Crippen LogP contribution in [-0.4, -0.2) is 23.7 Å². The molecule has 3 heteroatoms. The first-order valence-corrected chi connectivity index (χ1v) is 5.54. The highest BCUT2D eigenvalue weighted by molar-refractivity contribution is 5.78. The third-order valence-electron chi connectivity index (χ3n) is 3.05. The van der Waals surface area contributed by atoms with Gasteiger partial charge in [-0.25, -0.2) is 0 Å². The largest absolute Gasteiger partial charge is 0.394 e. The molecule has 0 saturated heterocycles. The molecule has 1 aliphatic carbocycles. The predicted molar refractivity (Wildman–Crippen MR) is 55.8 cm³/mol. The van der Waals surface area contributed by atoms with E-state index in [1.807, 2.05) is 6.92 Å². The van der Waals surface area contributed by atoms with Crippen LogP contribution in [0.3, 0.4) is 0 Å². The molecule has 1 atom stereocenters. The van der Waals surface area contributed by atoms with E-state index in [0.29, 0.717) is 0 Å². The van der Waals surface area contributed by atoms with Crippen LogP contribution in [-0.2, 0) is 4.79 Å². The summed E-state index contributed by atoms with van der Waals surface area (Å²) in [5.41, 5.74) is 0. The van der Waals surface area contributed by atoms with Crippen LogP contribution >= 0.6 is 0 Å². The lowest BCUT2D eigenvalue weighted by molar-refractivity contribution is -0.127. The second-order valence-electron chi connectivity index (χ2n) is 4.55. The fourth-order valence-electron chi connectivity index (χ4n) is 1.93. The van der Waals surface area contributed by atoms with Crippen molar-refractivity contribution in [1.82, 2.24) is 5.32 Å². The third kappa shape index (κ3) is 3.29. The maximum atomic E-state index is 11.7. The minimum absolute atomic E-state index is 0.0227. The molecule has 0 heterocycles. The van der Waals surface area contributed by atoms with Crippen LogP contribution in [0.1, 0.15) is 39.5 Å². The minimum Gasteiger partial charge on any atom is -0.394 e. The first kappa shape index (κ1) is 11.5. The van der Waals surface area contributed by atoms with Crippen LogP contribution < -0.4 is 5.32 Å². The molecule has 0 spiro atoms. The van der Waals surface area contributed by atoms with Gasteiger partial charge < -0.3 is 10.4 Å². The lowest BCUT2D eigenvalue weighted by atomic mass is 9.82. The first-order valence-electron chi connectivity index (χ1n) is 5.54. The molecule has 1 aliphatic rings. The Balaban J connectivity index is 2.30. The van der Waals surface area contributed by atoms with Crippen LogP contribution in [0, 0.1) is 11.8 Å². The van der Waals surface area contributed by atoms with Crippen LogP contribution in [0.25, 0.3) is 0 Å². The number of aliphatic hydroxyl groups excluding tert-OH is 1. The van der Waals surface area contributed by atoms with Gasteiger partial charge in [0, 0.05) is 12.0 Å². The van der Waals surface area contributed by atoms with Crippen molar-refractivity contribution in [3.05, 3.63) is 0 Å². The van der Waals surface area contributed by atoms with Gasteiger partial charge in [-0.05, 0) is 38.5 Å². The van der Waals surface area contributed by atoms with E-state index in [2.05, 4.69) is 12.2 Å². The zero-order valence-electron chi connectivity index (χ0n) is 9.12. The number of rotatable bonds is 3. The van der Waals surface area contributed by atoms with Crippen molar-refractivity contribution in [3.63, 3.8) is 0 Å². The third-order valence-corrected chi connectivity index (χ3v) is 3.05. The molecule has 14 heavy (non-hydrogen) atoms. The summed E-state index contributed by atoms with van der Waals surface area (Å²) in [6.07, 6.45) is 4.33. The van der Waals surface area contributed by atoms with Crippen molar-refractivity contribution in [2.24, 2.45) is 11.8 Å². The summed E-state index contributed by atoms with van der Waals surface area (Å²) < 4.78 is 0. The average Bonchev–Trinajstić information content (AvgIpc) is 2.18. The molecule has 1 saturated carbocycles. The fourth-order valence-corrected chi connectivity index (χ4v) is 1.93. The Hall–Kier alpha value is -0.570. The highest BCUT2D eigenvalue weighted by atomic mass is 16.3. The summed E-state index contributed by atoms with van der Waals surface area (Å²) in [5.74, 6) is 1.08. The molecular formula is C11H21NO2. The molecule has 1 rings (SSSR count). The van der Waals surface area contributed by atoms with Crippen molar-refractivity contribution in [3.8, 4) is 0 Å². The van der Waals surface area contributed by atoms with E-state index >= 15 is 0 Å². The maximum absolute atomic E-state index is 11.7. The van der Waals surface area contributed by atoms with Gasteiger partial charge in [-0.15, -0.1) is 0 Å². The second kappa shape index (κ2) is 5.35. The highest BCUT2D eigenvalue weighted by Gasteiger charge is 2.24. The number of amides is 1. The van der Waals surface area contributed by atoms with Crippen molar-refractivity contribution < 1.29 is 9.90 Å². The van der Waals surface area contributed by atoms with Gasteiger partial charge in [0.05, 0.1) is 6.61 Å². The van der Waals surface area contributed by atoms with E-state index < -0.39 is 0 Å². The van der Waals surface area contributed by atoms with Gasteiger partial charge in [0.25, 0.3) is 0 Å². The topological polar surface area (TPSA) is 49.3 Å². The second-order valence-corrected chi connectivity index (χ2v) is 4.55. The number of hydrogen-bond donors (Lipinski definition) is 2. The summed E-state index contributed by atoms with van der Waals surface area (Å²) in [5, 5.41) is 11.6. The molecule has 82 valence electrons. The highest BCUT2D eigenvalue weighted by Crippen LogP contribution is 2.28. The van der Waals surface area contributed by atoms with E-state index in [1.165, 1.54) is 0 Å². The molecule has 1 amide bonds. The minimum atomic E-state index is -0.109. The van der Waals surface area contributed by atoms with E-state index in [1.54, 1.807) is 0 Å². The van der Waals surface area contributed by atoms with Crippen molar-refractivity contribution in [1.29, 1.82) is 0 Å². The zero-order valence-corrected chi connectivity index (χ0v) is 9.12. The van der Waals surface area contributed by atoms with Crippen LogP contribution in [0.4, 0.5) is 0 Å². The maximum Gasteiger partial charge on any atom is 0.223 e. The molecule has 0 aliphatic heterocycles. The van der Waals surface area contributed by atoms with E-state index in [0.717, 1.165) is 31.6 Å². The number of aliphatic hydroxyl groups is 1. The Kier molecular flexibility index (Phi) is 4.39. The molecule has 0 aromatic heterocycles. The standard InChI is InChI=1S/C11H21NO2/c1-8-3-5-10(6-4-8)11(14)12-9(2)7-13/h8-10,13H,3-7H2,1-2H3,(H,12,14)/t8?,9-,10?/m1/s1. The quantitative estimate of drug-likeness (QED) is 0.720. The van der Waals surface area contributed by atoms with E-state index in [4.69, 9.17) is 5.11 Å². The van der Waals surface area contributed by atoms with Crippen LogP contribution in [0.15, 0.2) is 0 Å². The summed E-state index contributed by atoms with van der Waals surface area (Å²) in [4.78, 5) is 11.7. The lowest BCUT2D eigenvalue weighted by Crippen LogP contribution is -2.40. The Morgan fingerprint density at radius 1 is 1.43 bits per heavy atom. The van der Waals surface area contributed by atoms with Gasteiger partial charge in [-0.2, -0.15) is 0 Å². The SMILES string of the molecule is CC1CCC(C(=O)N[C@H](C)CO)CC1. The molecular weight excluding hydrogens is 178 g/mol. The van der Waals surface area contributed by atoms with Crippen LogP contribution in [0.5, 0.6) is 0 Å². The molecule has 0 unspecified atom stereocenters. The summed E-state index contributed by atoms with van der Waals surface area (Å²) >= 11 is 0. The number of carbonyl (C=O) groups is 1. The first-order chi connectivity index (χ1) is 6.63. The molecule has 0 radical (unpaired) electrons. The summed E-state index contributed by atoms with van der Waals surface area (Å²) in [6.45, 7) is 4.09. The average molecular weight is 199 g/mol. The lowest BCUT2D eigenvalue weighted by Gasteiger charge is -2.26. The molecule has 0 bridgehead atoms. The monoisotopic (exact) mass is 199 g/mol. The Morgan fingerprint density at radius 2 is 2.00 bits per heavy atom. The zero-order chi connectivity index (χ0) is 10.6. The van der Waals surface area contributed by atoms with E-state index in [-0.39, 0.29) is 24.5 Å². The number of hydrogen-bond acceptors (Lipinski definition) is 2. The van der Waals surface area contributed by atoms with Gasteiger partial charge in [0.1, 0.15) is 0 Å². The molecule has 1 fully saturated rings. The summed E-state index contributed by atoms with van der Waals surface area (Å²) in [6, 6.07) is -0.109. The Labute approximate surface area is 85.9 Å². The number of carbonyl (C=O) groups excluding carboxylic acids is 1. The molecule has 0 aromatic carbocycles. The van der Waals surface area contributed by atoms with Crippen LogP contribution in [0.2, 0.25) is 0 Å². The normalized spacial score (nSPS) is 29.6. The fraction of sp³-hybridized carbons (Fsp3) is 0.909. The Bertz CT molecular complexity index is 186. The van der Waals surface area contributed by atoms with Crippen molar-refractivity contribution in [2.45, 2.75) is 45.6 Å². The molecule has 2 N–H and O–H groups in total. The molecule has 0 aromatic rings. The Morgan fingerprint density at radius 3 is 2.50 bits per heavy atom. The summed E-state index contributed by atoms with van der Waals surface area (Å²) in [7, 11) is 0. The smallest absolute Gasteiger partial charge is 0.223 e. The van der Waals surface area contributed by atoms with Crippen molar-refractivity contribution >= 4 is 5.91 Å². The van der Waals surface area contributed by atoms with Gasteiger partial charge in [0.15, 0.2) is 0 Å². The van der Waals surface area contributed by atoms with E-state index in [9.17, 15) is 4.79 Å². The van der Waals surface area contributed by atoms with Gasteiger partial charge >= 0.3 is 0 Å².